The van der Waals surface area contributed by atoms with Gasteiger partial charge in [0.2, 0.25) is 0 Å². The minimum absolute atomic E-state index is 0.509. The van der Waals surface area contributed by atoms with E-state index in [9.17, 15) is 9.90 Å². The van der Waals surface area contributed by atoms with Crippen molar-refractivity contribution in [3.63, 3.8) is 0 Å². The van der Waals surface area contributed by atoms with E-state index in [-0.39, 0.29) is 0 Å². The lowest BCUT2D eigenvalue weighted by Gasteiger charge is -2.04. The summed E-state index contributed by atoms with van der Waals surface area (Å²) in [5.74, 6) is -0.799. The molecule has 25 heavy (non-hydrogen) atoms. The first-order valence-electron chi connectivity index (χ1n) is 9.18. The lowest BCUT2D eigenvalue weighted by atomic mass is 10.0. The first kappa shape index (κ1) is 21.4. The Bertz CT molecular complexity index is 691. The summed E-state index contributed by atoms with van der Waals surface area (Å²) in [6.07, 6.45) is 13.8. The van der Waals surface area contributed by atoms with Crippen LogP contribution in [0.1, 0.15) is 86.4 Å². The molecule has 1 N–H and O–H groups in total. The van der Waals surface area contributed by atoms with E-state index >= 15 is 0 Å². The second-order valence-electron chi connectivity index (χ2n) is 6.50. The van der Waals surface area contributed by atoms with Gasteiger partial charge in [-0.2, -0.15) is 0 Å². The normalized spacial score (nSPS) is 11.5. The fraction of sp³-hybridized carbons (Fsp3) is 0.632. The first-order chi connectivity index (χ1) is 12.1. The maximum absolute atomic E-state index is 11.6. The molecule has 0 aromatic carbocycles. The molecule has 2 aromatic heterocycles. The second-order valence-corrected chi connectivity index (χ2v) is 11.2. The maximum atomic E-state index is 11.6. The molecule has 2 heterocycles. The summed E-state index contributed by atoms with van der Waals surface area (Å²) >= 11 is 10.2. The molecule has 0 atom stereocenters. The van der Waals surface area contributed by atoms with Gasteiger partial charge in [0.15, 0.2) is 0 Å². The van der Waals surface area contributed by atoms with Crippen molar-refractivity contribution in [1.29, 1.82) is 0 Å². The van der Waals surface area contributed by atoms with Crippen LogP contribution >= 0.6 is 54.5 Å². The Kier molecular flexibility index (Phi) is 9.46. The minimum atomic E-state index is -0.799. The highest BCUT2D eigenvalue weighted by atomic mass is 79.9. The molecule has 0 amide bonds. The number of halogens is 2. The largest absolute Gasteiger partial charge is 0.477 e. The first-order valence-corrected chi connectivity index (χ1v) is 12.4. The third-order valence-electron chi connectivity index (χ3n) is 4.54. The van der Waals surface area contributed by atoms with Gasteiger partial charge in [0.05, 0.1) is 12.3 Å². The molecule has 0 saturated heterocycles. The number of aromatic carboxylic acids is 1. The van der Waals surface area contributed by atoms with Gasteiger partial charge in [0.1, 0.15) is 4.88 Å². The van der Waals surface area contributed by atoms with Crippen LogP contribution < -0.4 is 0 Å². The van der Waals surface area contributed by atoms with Gasteiger partial charge in [-0.25, -0.2) is 4.79 Å². The second kappa shape index (κ2) is 11.1. The average Bonchev–Trinajstić information content (AvgIpc) is 3.08. The number of carboxylic acid groups (broad SMARTS) is 1. The Balaban J connectivity index is 1.79. The lowest BCUT2D eigenvalue weighted by molar-refractivity contribution is 0.0701. The Morgan fingerprint density at radius 2 is 1.44 bits per heavy atom. The van der Waals surface area contributed by atoms with E-state index in [1.807, 2.05) is 0 Å². The van der Waals surface area contributed by atoms with Gasteiger partial charge < -0.3 is 5.11 Å². The van der Waals surface area contributed by atoms with E-state index in [1.165, 1.54) is 69.1 Å². The van der Waals surface area contributed by atoms with Gasteiger partial charge in [-0.1, -0.05) is 64.7 Å². The number of rotatable bonds is 12. The van der Waals surface area contributed by atoms with Crippen LogP contribution in [0.4, 0.5) is 0 Å². The van der Waals surface area contributed by atoms with Gasteiger partial charge >= 0.3 is 5.97 Å². The minimum Gasteiger partial charge on any atom is -0.477 e. The molecule has 0 spiro atoms. The van der Waals surface area contributed by atoms with Crippen LogP contribution in [0.2, 0.25) is 0 Å². The van der Waals surface area contributed by atoms with Crippen molar-refractivity contribution in [2.45, 2.75) is 77.6 Å². The monoisotopic (exact) mass is 508 g/mol. The number of fused-ring (bicyclic) bond motifs is 1. The SMILES string of the molecule is CCCCCCCCCCCCc1c(C(=O)O)sc2c(Br)sc(Br)c12. The van der Waals surface area contributed by atoms with Crippen molar-refractivity contribution in [3.05, 3.63) is 18.0 Å². The highest BCUT2D eigenvalue weighted by molar-refractivity contribution is 9.12. The zero-order valence-corrected chi connectivity index (χ0v) is 19.5. The van der Waals surface area contributed by atoms with Crippen molar-refractivity contribution in [2.75, 3.05) is 0 Å². The standard InChI is InChI=1S/C19H26Br2O2S2/c1-2-3-4-5-6-7-8-9-10-11-12-13-14-16(18(21)25-17(14)20)24-15(13)19(22)23/h2-12H2,1H3,(H,22,23). The molecule has 0 aliphatic rings. The van der Waals surface area contributed by atoms with Gasteiger partial charge in [0.25, 0.3) is 0 Å². The van der Waals surface area contributed by atoms with Crippen LogP contribution in [0.25, 0.3) is 10.1 Å². The predicted octanol–water partition coefficient (Wildman–Crippen LogP) is 8.65. The van der Waals surface area contributed by atoms with E-state index in [0.717, 1.165) is 36.1 Å². The molecule has 2 nitrogen and oxygen atoms in total. The van der Waals surface area contributed by atoms with Crippen molar-refractivity contribution >= 4 is 70.6 Å². The van der Waals surface area contributed by atoms with Crippen LogP contribution in [-0.4, -0.2) is 11.1 Å². The van der Waals surface area contributed by atoms with E-state index < -0.39 is 5.97 Å². The van der Waals surface area contributed by atoms with E-state index in [1.54, 1.807) is 11.3 Å². The fourth-order valence-corrected chi connectivity index (χ4v) is 7.84. The molecule has 140 valence electrons. The number of carboxylic acids is 1. The Morgan fingerprint density at radius 1 is 0.880 bits per heavy atom. The number of hydrogen-bond acceptors (Lipinski definition) is 3. The summed E-state index contributed by atoms with van der Waals surface area (Å²) < 4.78 is 3.13. The fourth-order valence-electron chi connectivity index (χ4n) is 3.19. The van der Waals surface area contributed by atoms with Crippen molar-refractivity contribution < 1.29 is 9.90 Å². The zero-order chi connectivity index (χ0) is 18.2. The molecule has 0 saturated carbocycles. The van der Waals surface area contributed by atoms with Gasteiger partial charge in [-0.15, -0.1) is 22.7 Å². The van der Waals surface area contributed by atoms with E-state index in [2.05, 4.69) is 38.8 Å². The van der Waals surface area contributed by atoms with Gasteiger partial charge in [-0.05, 0) is 50.3 Å². The Morgan fingerprint density at radius 3 is 2.00 bits per heavy atom. The van der Waals surface area contributed by atoms with Crippen molar-refractivity contribution in [1.82, 2.24) is 0 Å². The third kappa shape index (κ3) is 6.05. The molecule has 0 fully saturated rings. The van der Waals surface area contributed by atoms with Crippen LogP contribution in [0, 0.1) is 0 Å². The number of aryl methyl sites for hydroxylation is 1. The Hall–Kier alpha value is 0.0900. The van der Waals surface area contributed by atoms with Crippen LogP contribution in [-0.2, 0) is 6.42 Å². The molecular formula is C19H26Br2O2S2. The molecule has 0 aliphatic heterocycles. The van der Waals surface area contributed by atoms with E-state index in [0.29, 0.717) is 4.88 Å². The van der Waals surface area contributed by atoms with Crippen molar-refractivity contribution in [3.8, 4) is 0 Å². The van der Waals surface area contributed by atoms with Crippen LogP contribution in [0.5, 0.6) is 0 Å². The molecule has 6 heteroatoms. The predicted molar refractivity (Wildman–Crippen MR) is 118 cm³/mol. The molecule has 0 radical (unpaired) electrons. The smallest absolute Gasteiger partial charge is 0.346 e. The summed E-state index contributed by atoms with van der Waals surface area (Å²) in [6.45, 7) is 2.25. The molecule has 2 aromatic rings. The molecule has 0 unspecified atom stereocenters. The molecule has 0 aliphatic carbocycles. The molecule has 0 bridgehead atoms. The summed E-state index contributed by atoms with van der Waals surface area (Å²) in [7, 11) is 0. The number of hydrogen-bond donors (Lipinski definition) is 1. The van der Waals surface area contributed by atoms with Crippen LogP contribution in [0.3, 0.4) is 0 Å². The van der Waals surface area contributed by atoms with E-state index in [4.69, 9.17) is 0 Å². The summed E-state index contributed by atoms with van der Waals surface area (Å²) in [5, 5.41) is 10.6. The summed E-state index contributed by atoms with van der Waals surface area (Å²) in [4.78, 5) is 12.1. The van der Waals surface area contributed by atoms with Crippen LogP contribution in [0.15, 0.2) is 7.57 Å². The topological polar surface area (TPSA) is 37.3 Å². The quantitative estimate of drug-likeness (QED) is 0.290. The van der Waals surface area contributed by atoms with Crippen molar-refractivity contribution in [2.24, 2.45) is 0 Å². The maximum Gasteiger partial charge on any atom is 0.346 e. The van der Waals surface area contributed by atoms with Gasteiger partial charge in [0, 0.05) is 5.39 Å². The Labute approximate surface area is 175 Å². The zero-order valence-electron chi connectivity index (χ0n) is 14.7. The summed E-state index contributed by atoms with van der Waals surface area (Å²) in [5.41, 5.74) is 1.01. The number of carbonyl (C=O) groups is 1. The van der Waals surface area contributed by atoms with Gasteiger partial charge in [-0.3, -0.25) is 0 Å². The number of unbranched alkanes of at least 4 members (excludes halogenated alkanes) is 9. The average molecular weight is 510 g/mol. The number of thiophene rings is 2. The highest BCUT2D eigenvalue weighted by Gasteiger charge is 2.22. The summed E-state index contributed by atoms with van der Waals surface area (Å²) in [6, 6.07) is 0. The highest BCUT2D eigenvalue weighted by Crippen LogP contribution is 2.46. The lowest BCUT2D eigenvalue weighted by Crippen LogP contribution is -1.98. The molecular weight excluding hydrogens is 484 g/mol. The molecule has 2 rings (SSSR count). The third-order valence-corrected chi connectivity index (χ3v) is 8.70.